The molecule has 0 heterocycles. The SMILES string of the molecule is C=C(/C(C)=C\NC)c1cc(F)ccc1CC(C)F. The van der Waals surface area contributed by atoms with Gasteiger partial charge in [0.25, 0.3) is 0 Å². The van der Waals surface area contributed by atoms with Gasteiger partial charge in [0.05, 0.1) is 0 Å². The third-order valence-corrected chi connectivity index (χ3v) is 2.74. The lowest BCUT2D eigenvalue weighted by molar-refractivity contribution is 0.360. The van der Waals surface area contributed by atoms with Gasteiger partial charge >= 0.3 is 0 Å². The van der Waals surface area contributed by atoms with Gasteiger partial charge in [-0.25, -0.2) is 8.78 Å². The van der Waals surface area contributed by atoms with Gasteiger partial charge in [0.15, 0.2) is 0 Å². The fourth-order valence-electron chi connectivity index (χ4n) is 1.83. The Morgan fingerprint density at radius 1 is 1.50 bits per heavy atom. The predicted molar refractivity (Wildman–Crippen MR) is 72.5 cm³/mol. The molecular weight excluding hydrogens is 232 g/mol. The van der Waals surface area contributed by atoms with Gasteiger partial charge < -0.3 is 5.32 Å². The molecule has 0 saturated heterocycles. The molecule has 98 valence electrons. The van der Waals surface area contributed by atoms with Crippen molar-refractivity contribution < 1.29 is 8.78 Å². The maximum Gasteiger partial charge on any atom is 0.123 e. The summed E-state index contributed by atoms with van der Waals surface area (Å²) < 4.78 is 26.5. The molecule has 1 aromatic carbocycles. The summed E-state index contributed by atoms with van der Waals surface area (Å²) in [6.45, 7) is 7.33. The third-order valence-electron chi connectivity index (χ3n) is 2.74. The van der Waals surface area contributed by atoms with Crippen LogP contribution in [0.4, 0.5) is 8.78 Å². The fourth-order valence-corrected chi connectivity index (χ4v) is 1.83. The van der Waals surface area contributed by atoms with Crippen LogP contribution in [0.5, 0.6) is 0 Å². The largest absolute Gasteiger partial charge is 0.394 e. The molecule has 0 fully saturated rings. The first kappa shape index (κ1) is 14.4. The van der Waals surface area contributed by atoms with E-state index < -0.39 is 6.17 Å². The van der Waals surface area contributed by atoms with Crippen LogP contribution in [0, 0.1) is 5.82 Å². The van der Waals surface area contributed by atoms with E-state index in [-0.39, 0.29) is 12.2 Å². The lowest BCUT2D eigenvalue weighted by atomic mass is 9.93. The zero-order valence-corrected chi connectivity index (χ0v) is 11.1. The Morgan fingerprint density at radius 3 is 2.72 bits per heavy atom. The molecule has 0 bridgehead atoms. The standard InChI is InChI=1S/C15H19F2N/c1-10(9-18-4)12(3)15-8-14(17)6-5-13(15)7-11(2)16/h5-6,8-9,11,18H,3,7H2,1-2,4H3/b10-9-. The average molecular weight is 251 g/mol. The molecular formula is C15H19F2N. The van der Waals surface area contributed by atoms with Gasteiger partial charge in [0.2, 0.25) is 0 Å². The average Bonchev–Trinajstić information content (AvgIpc) is 2.30. The van der Waals surface area contributed by atoms with Crippen molar-refractivity contribution >= 4 is 5.57 Å². The van der Waals surface area contributed by atoms with Crippen molar-refractivity contribution in [1.29, 1.82) is 0 Å². The maximum absolute atomic E-state index is 13.3. The van der Waals surface area contributed by atoms with E-state index in [1.54, 1.807) is 19.3 Å². The quantitative estimate of drug-likeness (QED) is 0.783. The second kappa shape index (κ2) is 6.34. The number of nitrogens with one attached hydrogen (secondary N) is 1. The van der Waals surface area contributed by atoms with Gasteiger partial charge in [-0.2, -0.15) is 0 Å². The number of rotatable bonds is 5. The van der Waals surface area contributed by atoms with Crippen LogP contribution < -0.4 is 5.32 Å². The first-order valence-electron chi connectivity index (χ1n) is 5.92. The van der Waals surface area contributed by atoms with Crippen molar-refractivity contribution in [3.63, 3.8) is 0 Å². The van der Waals surface area contributed by atoms with E-state index in [4.69, 9.17) is 0 Å². The molecule has 0 saturated carbocycles. The van der Waals surface area contributed by atoms with Crippen LogP contribution in [0.25, 0.3) is 5.57 Å². The normalized spacial score (nSPS) is 13.3. The molecule has 0 aromatic heterocycles. The van der Waals surface area contributed by atoms with E-state index in [0.29, 0.717) is 11.1 Å². The van der Waals surface area contributed by atoms with Crippen LogP contribution in [0.15, 0.2) is 36.6 Å². The molecule has 1 aromatic rings. The zero-order chi connectivity index (χ0) is 13.7. The molecule has 1 unspecified atom stereocenters. The minimum Gasteiger partial charge on any atom is -0.394 e. The molecule has 1 N–H and O–H groups in total. The number of allylic oxidation sites excluding steroid dienone is 2. The highest BCUT2D eigenvalue weighted by atomic mass is 19.1. The molecule has 1 atom stereocenters. The van der Waals surface area contributed by atoms with Crippen molar-refractivity contribution in [2.24, 2.45) is 0 Å². The zero-order valence-electron chi connectivity index (χ0n) is 11.1. The van der Waals surface area contributed by atoms with Crippen LogP contribution in [-0.2, 0) is 6.42 Å². The van der Waals surface area contributed by atoms with E-state index in [2.05, 4.69) is 11.9 Å². The molecule has 0 aliphatic carbocycles. The number of alkyl halides is 1. The summed E-state index contributed by atoms with van der Waals surface area (Å²) in [4.78, 5) is 0. The molecule has 1 rings (SSSR count). The molecule has 0 aliphatic heterocycles. The first-order valence-corrected chi connectivity index (χ1v) is 5.92. The van der Waals surface area contributed by atoms with Crippen molar-refractivity contribution in [3.05, 3.63) is 53.5 Å². The maximum atomic E-state index is 13.3. The molecule has 0 radical (unpaired) electrons. The summed E-state index contributed by atoms with van der Waals surface area (Å²) in [5, 5.41) is 2.90. The highest BCUT2D eigenvalue weighted by Crippen LogP contribution is 2.26. The summed E-state index contributed by atoms with van der Waals surface area (Å²) in [7, 11) is 1.78. The van der Waals surface area contributed by atoms with Gasteiger partial charge in [-0.3, -0.25) is 0 Å². The summed E-state index contributed by atoms with van der Waals surface area (Å²) in [6, 6.07) is 4.39. The number of hydrogen-bond donors (Lipinski definition) is 1. The van der Waals surface area contributed by atoms with Gasteiger partial charge in [-0.15, -0.1) is 0 Å². The molecule has 1 nitrogen and oxygen atoms in total. The van der Waals surface area contributed by atoms with Crippen LogP contribution in [-0.4, -0.2) is 13.2 Å². The summed E-state index contributed by atoms with van der Waals surface area (Å²) >= 11 is 0. The Bertz CT molecular complexity index is 462. The third kappa shape index (κ3) is 3.69. The Labute approximate surface area is 107 Å². The van der Waals surface area contributed by atoms with E-state index in [1.807, 2.05) is 6.92 Å². The van der Waals surface area contributed by atoms with Crippen LogP contribution >= 0.6 is 0 Å². The lowest BCUT2D eigenvalue weighted by Crippen LogP contribution is -2.04. The van der Waals surface area contributed by atoms with Crippen molar-refractivity contribution in [2.75, 3.05) is 7.05 Å². The van der Waals surface area contributed by atoms with Crippen LogP contribution in [0.3, 0.4) is 0 Å². The Morgan fingerprint density at radius 2 is 2.17 bits per heavy atom. The second-order valence-electron chi connectivity index (χ2n) is 4.38. The summed E-state index contributed by atoms with van der Waals surface area (Å²) in [5.41, 5.74) is 3.05. The Balaban J connectivity index is 3.16. The van der Waals surface area contributed by atoms with Crippen LogP contribution in [0.2, 0.25) is 0 Å². The molecule has 0 spiro atoms. The van der Waals surface area contributed by atoms with E-state index >= 15 is 0 Å². The van der Waals surface area contributed by atoms with Crippen molar-refractivity contribution in [1.82, 2.24) is 5.32 Å². The van der Waals surface area contributed by atoms with Crippen molar-refractivity contribution in [2.45, 2.75) is 26.4 Å². The highest BCUT2D eigenvalue weighted by Gasteiger charge is 2.11. The number of benzene rings is 1. The smallest absolute Gasteiger partial charge is 0.123 e. The van der Waals surface area contributed by atoms with E-state index in [0.717, 1.165) is 11.1 Å². The van der Waals surface area contributed by atoms with Gasteiger partial charge in [-0.05, 0) is 54.5 Å². The number of halogens is 2. The fraction of sp³-hybridized carbons (Fsp3) is 0.333. The molecule has 3 heteroatoms. The minimum absolute atomic E-state index is 0.265. The topological polar surface area (TPSA) is 12.0 Å². The molecule has 18 heavy (non-hydrogen) atoms. The van der Waals surface area contributed by atoms with Gasteiger partial charge in [0, 0.05) is 13.5 Å². The van der Waals surface area contributed by atoms with Crippen LogP contribution in [0.1, 0.15) is 25.0 Å². The minimum atomic E-state index is -0.962. The predicted octanol–water partition coefficient (Wildman–Crippen LogP) is 3.86. The molecule has 0 aliphatic rings. The van der Waals surface area contributed by atoms with Gasteiger partial charge in [-0.1, -0.05) is 12.6 Å². The highest BCUT2D eigenvalue weighted by molar-refractivity contribution is 5.78. The Hall–Kier alpha value is -1.64. The summed E-state index contributed by atoms with van der Waals surface area (Å²) in [6.07, 6.45) is 1.09. The van der Waals surface area contributed by atoms with E-state index in [9.17, 15) is 8.78 Å². The Kier molecular flexibility index (Phi) is 5.08. The first-order chi connectivity index (χ1) is 8.45. The second-order valence-corrected chi connectivity index (χ2v) is 4.38. The lowest BCUT2D eigenvalue weighted by Gasteiger charge is -2.13. The van der Waals surface area contributed by atoms with Gasteiger partial charge in [0.1, 0.15) is 12.0 Å². The molecule has 0 amide bonds. The van der Waals surface area contributed by atoms with E-state index in [1.165, 1.54) is 19.1 Å². The monoisotopic (exact) mass is 251 g/mol. The number of hydrogen-bond acceptors (Lipinski definition) is 1. The summed E-state index contributed by atoms with van der Waals surface area (Å²) in [5.74, 6) is -0.335. The van der Waals surface area contributed by atoms with Crippen molar-refractivity contribution in [3.8, 4) is 0 Å².